The number of nitro groups is 1. The Labute approximate surface area is 210 Å². The lowest BCUT2D eigenvalue weighted by Crippen LogP contribution is -2.47. The smallest absolute Gasteiger partial charge is 0.251 e. The summed E-state index contributed by atoms with van der Waals surface area (Å²) in [5, 5.41) is 24.7. The first-order chi connectivity index (χ1) is 16.8. The molecule has 0 aliphatic heterocycles. The van der Waals surface area contributed by atoms with Crippen LogP contribution in [-0.2, 0) is 19.4 Å². The number of Topliss-reactive ketones (excluding diaryl/α,β-unsaturated/α-hetero) is 1. The highest BCUT2D eigenvalue weighted by molar-refractivity contribution is 7.90. The minimum absolute atomic E-state index is 0.0851. The summed E-state index contributed by atoms with van der Waals surface area (Å²) in [6, 6.07) is 4.55. The average molecular weight is 527 g/mol. The summed E-state index contributed by atoms with van der Waals surface area (Å²) in [7, 11) is -3.39. The van der Waals surface area contributed by atoms with E-state index < -0.39 is 32.8 Å². The van der Waals surface area contributed by atoms with Crippen LogP contribution in [0, 0.1) is 21.4 Å². The van der Waals surface area contributed by atoms with Crippen LogP contribution in [0.15, 0.2) is 29.2 Å². The monoisotopic (exact) mass is 526 g/mol. The van der Waals surface area contributed by atoms with Gasteiger partial charge in [0.15, 0.2) is 20.7 Å². The van der Waals surface area contributed by atoms with Crippen molar-refractivity contribution in [1.29, 1.82) is 5.41 Å². The number of ketones is 1. The normalized spacial score (nSPS) is 11.9. The molecule has 36 heavy (non-hydrogen) atoms. The van der Waals surface area contributed by atoms with Crippen molar-refractivity contribution < 1.29 is 27.8 Å². The number of hydrogen-bond acceptors (Lipinski definition) is 8. The fourth-order valence-electron chi connectivity index (χ4n) is 3.05. The van der Waals surface area contributed by atoms with Gasteiger partial charge in [0.1, 0.15) is 6.04 Å². The molecule has 0 aromatic heterocycles. The largest absolute Gasteiger partial charge is 0.354 e. The van der Waals surface area contributed by atoms with Gasteiger partial charge in [-0.15, -0.1) is 0 Å². The number of carbonyl (C=O) groups is 3. The lowest BCUT2D eigenvalue weighted by atomic mass is 10.1. The SMILES string of the molecule is CC(C)CCNC(=O)[C@H](CCCNC(=N)N[N+](=O)[O-])NC(=O)CCC(=O)c1ccc(S(C)(=O)=O)cc1. The Hall–Kier alpha value is -3.55. The van der Waals surface area contributed by atoms with E-state index in [1.54, 1.807) is 5.43 Å². The van der Waals surface area contributed by atoms with Crippen molar-refractivity contribution in [2.24, 2.45) is 5.92 Å². The molecule has 0 heterocycles. The molecule has 1 rings (SSSR count). The highest BCUT2D eigenvalue weighted by Crippen LogP contribution is 2.12. The molecule has 0 fully saturated rings. The number of guanidine groups is 1. The van der Waals surface area contributed by atoms with E-state index in [1.165, 1.54) is 24.3 Å². The quantitative estimate of drug-likeness (QED) is 0.0547. The molecule has 13 nitrogen and oxygen atoms in total. The summed E-state index contributed by atoms with van der Waals surface area (Å²) in [6.45, 7) is 4.61. The Bertz CT molecular complexity index is 1040. The van der Waals surface area contributed by atoms with Gasteiger partial charge in [-0.3, -0.25) is 19.8 Å². The summed E-state index contributed by atoms with van der Waals surface area (Å²) in [4.78, 5) is 47.9. The Kier molecular flexibility index (Phi) is 12.5. The van der Waals surface area contributed by atoms with Gasteiger partial charge < -0.3 is 16.0 Å². The molecule has 200 valence electrons. The molecule has 2 amide bonds. The van der Waals surface area contributed by atoms with Crippen LogP contribution < -0.4 is 21.4 Å². The fourth-order valence-corrected chi connectivity index (χ4v) is 3.68. The van der Waals surface area contributed by atoms with Gasteiger partial charge in [0.25, 0.3) is 5.96 Å². The standard InChI is InChI=1S/C22H34N6O7S/c1-15(2)12-14-24-21(31)18(5-4-13-25-22(23)27-28(32)33)26-20(30)11-10-19(29)16-6-8-17(9-7-16)36(3,34)35/h6-9,15,18H,4-5,10-14H2,1-3H3,(H,24,31)(H,26,30)(H3,23,25,27)/t18-/m0/s1. The van der Waals surface area contributed by atoms with Gasteiger partial charge in [-0.25, -0.2) is 18.5 Å². The first-order valence-electron chi connectivity index (χ1n) is 11.4. The minimum Gasteiger partial charge on any atom is -0.354 e. The molecule has 1 aromatic carbocycles. The van der Waals surface area contributed by atoms with E-state index in [0.717, 1.165) is 12.7 Å². The maximum Gasteiger partial charge on any atom is 0.251 e. The fraction of sp³-hybridized carbons (Fsp3) is 0.545. The molecule has 1 aromatic rings. The second kappa shape index (κ2) is 14.8. The molecule has 0 spiro atoms. The first-order valence-corrected chi connectivity index (χ1v) is 13.3. The van der Waals surface area contributed by atoms with Crippen LogP contribution in [0.1, 0.15) is 56.3 Å². The second-order valence-corrected chi connectivity index (χ2v) is 10.6. The maximum absolute atomic E-state index is 12.6. The predicted octanol–water partition coefficient (Wildman–Crippen LogP) is 0.786. The maximum atomic E-state index is 12.6. The molecule has 0 aliphatic carbocycles. The van der Waals surface area contributed by atoms with Gasteiger partial charge in [0.2, 0.25) is 11.8 Å². The van der Waals surface area contributed by atoms with Crippen LogP contribution in [0.25, 0.3) is 0 Å². The number of benzene rings is 1. The number of rotatable bonds is 15. The van der Waals surface area contributed by atoms with Crippen LogP contribution in [-0.4, -0.2) is 62.4 Å². The van der Waals surface area contributed by atoms with Crippen LogP contribution in [0.3, 0.4) is 0 Å². The molecule has 0 saturated heterocycles. The summed E-state index contributed by atoms with van der Waals surface area (Å²) in [5.41, 5.74) is 1.93. The van der Waals surface area contributed by atoms with Crippen molar-refractivity contribution in [3.8, 4) is 0 Å². The van der Waals surface area contributed by atoms with Crippen LogP contribution in [0.4, 0.5) is 0 Å². The zero-order valence-electron chi connectivity index (χ0n) is 20.6. The van der Waals surface area contributed by atoms with Gasteiger partial charge in [0, 0.05) is 37.8 Å². The molecule has 0 radical (unpaired) electrons. The molecule has 1 atom stereocenters. The van der Waals surface area contributed by atoms with Crippen molar-refractivity contribution in [3.63, 3.8) is 0 Å². The van der Waals surface area contributed by atoms with E-state index >= 15 is 0 Å². The molecule has 5 N–H and O–H groups in total. The number of nitrogens with one attached hydrogen (secondary N) is 5. The third-order valence-electron chi connectivity index (χ3n) is 5.03. The van der Waals surface area contributed by atoms with Crippen molar-refractivity contribution in [1.82, 2.24) is 21.4 Å². The topological polar surface area (TPSA) is 200 Å². The third-order valence-corrected chi connectivity index (χ3v) is 6.16. The number of amides is 2. The Morgan fingerprint density at radius 3 is 2.22 bits per heavy atom. The summed E-state index contributed by atoms with van der Waals surface area (Å²) < 4.78 is 23.1. The van der Waals surface area contributed by atoms with Crippen molar-refractivity contribution in [2.45, 2.75) is 56.9 Å². The predicted molar refractivity (Wildman–Crippen MR) is 133 cm³/mol. The Balaban J connectivity index is 2.65. The van der Waals surface area contributed by atoms with Gasteiger partial charge in [-0.05, 0) is 37.3 Å². The zero-order valence-corrected chi connectivity index (χ0v) is 21.4. The van der Waals surface area contributed by atoms with Crippen molar-refractivity contribution in [2.75, 3.05) is 19.3 Å². The van der Waals surface area contributed by atoms with Crippen molar-refractivity contribution >= 4 is 33.4 Å². The van der Waals surface area contributed by atoms with Crippen LogP contribution >= 0.6 is 0 Å². The Morgan fingerprint density at radius 2 is 1.67 bits per heavy atom. The molecule has 0 saturated carbocycles. The molecular formula is C22H34N6O7S. The first kappa shape index (κ1) is 30.5. The lowest BCUT2D eigenvalue weighted by Gasteiger charge is -2.19. The third kappa shape index (κ3) is 12.2. The van der Waals surface area contributed by atoms with Crippen LogP contribution in [0.2, 0.25) is 0 Å². The van der Waals surface area contributed by atoms with Gasteiger partial charge in [-0.2, -0.15) is 0 Å². The average Bonchev–Trinajstić information content (AvgIpc) is 2.78. The lowest BCUT2D eigenvalue weighted by molar-refractivity contribution is -0.525. The highest BCUT2D eigenvalue weighted by Gasteiger charge is 2.21. The van der Waals surface area contributed by atoms with Gasteiger partial charge in [-0.1, -0.05) is 31.4 Å². The zero-order chi connectivity index (χ0) is 27.3. The number of hydrogen-bond donors (Lipinski definition) is 5. The summed E-state index contributed by atoms with van der Waals surface area (Å²) in [5.74, 6) is -1.35. The minimum atomic E-state index is -3.39. The summed E-state index contributed by atoms with van der Waals surface area (Å²) >= 11 is 0. The number of hydrazine groups is 1. The van der Waals surface area contributed by atoms with E-state index in [9.17, 15) is 32.9 Å². The molecular weight excluding hydrogens is 492 g/mol. The van der Waals surface area contributed by atoms with E-state index in [4.69, 9.17) is 5.41 Å². The molecule has 14 heteroatoms. The molecule has 0 bridgehead atoms. The molecule has 0 aliphatic rings. The van der Waals surface area contributed by atoms with E-state index in [1.807, 2.05) is 13.8 Å². The van der Waals surface area contributed by atoms with Gasteiger partial charge >= 0.3 is 0 Å². The van der Waals surface area contributed by atoms with E-state index in [2.05, 4.69) is 16.0 Å². The second-order valence-electron chi connectivity index (χ2n) is 8.63. The number of nitrogens with zero attached hydrogens (tertiary/aromatic N) is 1. The Morgan fingerprint density at radius 1 is 1.03 bits per heavy atom. The number of sulfone groups is 1. The molecule has 0 unspecified atom stereocenters. The summed E-state index contributed by atoms with van der Waals surface area (Å²) in [6.07, 6.45) is 2.06. The number of carbonyl (C=O) groups excluding carboxylic acids is 3. The van der Waals surface area contributed by atoms with E-state index in [0.29, 0.717) is 18.9 Å². The van der Waals surface area contributed by atoms with Crippen molar-refractivity contribution in [3.05, 3.63) is 39.9 Å². The highest BCUT2D eigenvalue weighted by atomic mass is 32.2. The van der Waals surface area contributed by atoms with Gasteiger partial charge in [0.05, 0.1) is 4.90 Å². The van der Waals surface area contributed by atoms with Crippen LogP contribution in [0.5, 0.6) is 0 Å². The van der Waals surface area contributed by atoms with E-state index in [-0.39, 0.29) is 48.0 Å².